The Labute approximate surface area is 128 Å². The van der Waals surface area contributed by atoms with E-state index in [4.69, 9.17) is 5.41 Å². The predicted molar refractivity (Wildman–Crippen MR) is 85.4 cm³/mol. The summed E-state index contributed by atoms with van der Waals surface area (Å²) >= 11 is 0. The molecule has 3 fully saturated rings. The summed E-state index contributed by atoms with van der Waals surface area (Å²) in [6.45, 7) is 4.84. The van der Waals surface area contributed by atoms with Crippen molar-refractivity contribution in [2.45, 2.75) is 71.3 Å². The van der Waals surface area contributed by atoms with Gasteiger partial charge in [0.25, 0.3) is 0 Å². The number of hydrogen-bond acceptors (Lipinski definition) is 2. The third-order valence-corrected chi connectivity index (χ3v) is 7.95. The van der Waals surface area contributed by atoms with Crippen LogP contribution in [0.4, 0.5) is 0 Å². The van der Waals surface area contributed by atoms with Crippen molar-refractivity contribution in [1.29, 1.82) is 5.41 Å². The minimum absolute atomic E-state index is 0.0623. The lowest BCUT2D eigenvalue weighted by Crippen LogP contribution is -2.51. The van der Waals surface area contributed by atoms with E-state index in [1.165, 1.54) is 38.5 Å². The van der Waals surface area contributed by atoms with E-state index in [2.05, 4.69) is 19.9 Å². The van der Waals surface area contributed by atoms with Gasteiger partial charge in [0.1, 0.15) is 0 Å². The van der Waals surface area contributed by atoms with Gasteiger partial charge in [0.2, 0.25) is 0 Å². The molecule has 2 nitrogen and oxygen atoms in total. The van der Waals surface area contributed by atoms with Gasteiger partial charge in [0.15, 0.2) is 0 Å². The molecule has 0 radical (unpaired) electrons. The van der Waals surface area contributed by atoms with Gasteiger partial charge in [0.05, 0.1) is 6.10 Å². The van der Waals surface area contributed by atoms with Crippen LogP contribution in [0.15, 0.2) is 11.6 Å². The van der Waals surface area contributed by atoms with Crippen LogP contribution in [-0.4, -0.2) is 16.9 Å². The van der Waals surface area contributed by atoms with Gasteiger partial charge in [0, 0.05) is 5.71 Å². The molecule has 0 saturated heterocycles. The first kappa shape index (κ1) is 14.0. The highest BCUT2D eigenvalue weighted by Crippen LogP contribution is 2.65. The zero-order chi connectivity index (χ0) is 14.8. The third-order valence-electron chi connectivity index (χ3n) is 7.95. The Balaban J connectivity index is 1.69. The van der Waals surface area contributed by atoms with Crippen molar-refractivity contribution in [3.05, 3.63) is 11.6 Å². The van der Waals surface area contributed by atoms with Crippen molar-refractivity contribution < 1.29 is 5.11 Å². The Morgan fingerprint density at radius 1 is 1.05 bits per heavy atom. The maximum atomic E-state index is 10.5. The van der Waals surface area contributed by atoms with E-state index in [0.29, 0.717) is 5.41 Å². The maximum absolute atomic E-state index is 10.5. The number of aliphatic hydroxyl groups is 1. The van der Waals surface area contributed by atoms with E-state index < -0.39 is 0 Å². The molecule has 0 heterocycles. The minimum Gasteiger partial charge on any atom is -0.393 e. The number of hydrogen-bond donors (Lipinski definition) is 2. The quantitative estimate of drug-likeness (QED) is 0.684. The standard InChI is InChI=1S/C19H29NO/c1-18-9-7-13(20)11-12(18)3-4-14-15-5-6-17(21)19(15,2)10-8-16(14)18/h11,14-17,20-21H,3-10H2,1-2H3/t14?,15?,16?,17-,18-,19-/m0/s1. The lowest BCUT2D eigenvalue weighted by Gasteiger charge is -2.57. The van der Waals surface area contributed by atoms with Crippen LogP contribution in [0.1, 0.15) is 65.2 Å². The van der Waals surface area contributed by atoms with E-state index in [-0.39, 0.29) is 11.5 Å². The smallest absolute Gasteiger partial charge is 0.0596 e. The molecule has 0 aliphatic heterocycles. The van der Waals surface area contributed by atoms with Crippen molar-refractivity contribution in [3.8, 4) is 0 Å². The largest absolute Gasteiger partial charge is 0.393 e. The second-order valence-corrected chi connectivity index (χ2v) is 8.67. The van der Waals surface area contributed by atoms with Crippen LogP contribution in [0.5, 0.6) is 0 Å². The predicted octanol–water partition coefficient (Wildman–Crippen LogP) is 4.33. The second-order valence-electron chi connectivity index (χ2n) is 8.67. The van der Waals surface area contributed by atoms with Crippen molar-refractivity contribution in [2.24, 2.45) is 28.6 Å². The second kappa shape index (κ2) is 4.44. The molecule has 0 amide bonds. The van der Waals surface area contributed by atoms with Crippen molar-refractivity contribution >= 4 is 5.71 Å². The molecule has 0 spiro atoms. The highest BCUT2D eigenvalue weighted by atomic mass is 16.3. The highest BCUT2D eigenvalue weighted by Gasteiger charge is 2.58. The fourth-order valence-corrected chi connectivity index (χ4v) is 6.56. The van der Waals surface area contributed by atoms with Gasteiger partial charge in [-0.2, -0.15) is 0 Å². The normalized spacial score (nSPS) is 52.7. The SMILES string of the molecule is C[C@]12CCC(=N)C=C1CCC1C2CC[C@@]2(C)C1CC[C@@H]2O. The van der Waals surface area contributed by atoms with Crippen molar-refractivity contribution in [2.75, 3.05) is 0 Å². The van der Waals surface area contributed by atoms with Gasteiger partial charge in [-0.25, -0.2) is 0 Å². The average Bonchev–Trinajstić information content (AvgIpc) is 2.76. The van der Waals surface area contributed by atoms with E-state index in [1.807, 2.05) is 0 Å². The summed E-state index contributed by atoms with van der Waals surface area (Å²) in [7, 11) is 0. The van der Waals surface area contributed by atoms with Gasteiger partial charge >= 0.3 is 0 Å². The lowest BCUT2D eigenvalue weighted by atomic mass is 9.47. The van der Waals surface area contributed by atoms with Crippen LogP contribution < -0.4 is 0 Å². The fraction of sp³-hybridized carbons (Fsp3) is 0.842. The molecule has 4 rings (SSSR count). The topological polar surface area (TPSA) is 44.1 Å². The zero-order valence-corrected chi connectivity index (χ0v) is 13.5. The molecule has 0 aromatic carbocycles. The van der Waals surface area contributed by atoms with Gasteiger partial charge in [-0.1, -0.05) is 19.4 Å². The average molecular weight is 287 g/mol. The highest BCUT2D eigenvalue weighted by molar-refractivity contribution is 5.94. The first-order valence-electron chi connectivity index (χ1n) is 8.92. The summed E-state index contributed by atoms with van der Waals surface area (Å²) in [6, 6.07) is 0. The van der Waals surface area contributed by atoms with Crippen LogP contribution >= 0.6 is 0 Å². The maximum Gasteiger partial charge on any atom is 0.0596 e. The molecular weight excluding hydrogens is 258 g/mol. The third kappa shape index (κ3) is 1.78. The Morgan fingerprint density at radius 2 is 1.86 bits per heavy atom. The number of allylic oxidation sites excluding steroid dienone is 2. The first-order chi connectivity index (χ1) is 9.95. The Kier molecular flexibility index (Phi) is 2.96. The molecule has 2 heteroatoms. The summed E-state index contributed by atoms with van der Waals surface area (Å²) in [6.07, 6.45) is 11.5. The molecule has 116 valence electrons. The summed E-state index contributed by atoms with van der Waals surface area (Å²) in [5.74, 6) is 2.36. The van der Waals surface area contributed by atoms with E-state index in [0.717, 1.165) is 36.3 Å². The molecule has 2 N–H and O–H groups in total. The number of nitrogens with one attached hydrogen (secondary N) is 1. The summed E-state index contributed by atoms with van der Waals surface area (Å²) in [5.41, 5.74) is 2.96. The van der Waals surface area contributed by atoms with Gasteiger partial charge < -0.3 is 10.5 Å². The molecule has 4 aliphatic rings. The fourth-order valence-electron chi connectivity index (χ4n) is 6.56. The molecule has 3 unspecified atom stereocenters. The first-order valence-corrected chi connectivity index (χ1v) is 8.92. The summed E-state index contributed by atoms with van der Waals surface area (Å²) < 4.78 is 0. The Bertz CT molecular complexity index is 510. The van der Waals surface area contributed by atoms with E-state index in [1.54, 1.807) is 5.57 Å². The van der Waals surface area contributed by atoms with Crippen molar-refractivity contribution in [1.82, 2.24) is 0 Å². The summed E-state index contributed by atoms with van der Waals surface area (Å²) in [5, 5.41) is 18.5. The monoisotopic (exact) mass is 287 g/mol. The molecule has 3 saturated carbocycles. The van der Waals surface area contributed by atoms with Crippen molar-refractivity contribution in [3.63, 3.8) is 0 Å². The molecule has 21 heavy (non-hydrogen) atoms. The lowest BCUT2D eigenvalue weighted by molar-refractivity contribution is -0.0721. The van der Waals surface area contributed by atoms with E-state index in [9.17, 15) is 5.11 Å². The number of fused-ring (bicyclic) bond motifs is 5. The molecule has 0 bridgehead atoms. The molecule has 4 aliphatic carbocycles. The zero-order valence-electron chi connectivity index (χ0n) is 13.5. The molecule has 0 aromatic heterocycles. The van der Waals surface area contributed by atoms with Crippen LogP contribution in [0.2, 0.25) is 0 Å². The molecule has 0 aromatic rings. The van der Waals surface area contributed by atoms with Crippen LogP contribution in [0.3, 0.4) is 0 Å². The van der Waals surface area contributed by atoms with Gasteiger partial charge in [-0.05, 0) is 86.0 Å². The molecule has 6 atom stereocenters. The van der Waals surface area contributed by atoms with Gasteiger partial charge in [-0.15, -0.1) is 0 Å². The number of rotatable bonds is 0. The Hall–Kier alpha value is -0.630. The van der Waals surface area contributed by atoms with Gasteiger partial charge in [-0.3, -0.25) is 0 Å². The van der Waals surface area contributed by atoms with Crippen LogP contribution in [0.25, 0.3) is 0 Å². The molecular formula is C19H29NO. The Morgan fingerprint density at radius 3 is 2.67 bits per heavy atom. The van der Waals surface area contributed by atoms with Crippen LogP contribution in [0, 0.1) is 34.0 Å². The minimum atomic E-state index is -0.0623. The van der Waals surface area contributed by atoms with E-state index >= 15 is 0 Å². The summed E-state index contributed by atoms with van der Waals surface area (Å²) in [4.78, 5) is 0. The van der Waals surface area contributed by atoms with Crippen LogP contribution in [-0.2, 0) is 0 Å². The number of aliphatic hydroxyl groups excluding tert-OH is 1.